The molecule has 0 aromatic carbocycles. The Balaban J connectivity index is 3.49. The van der Waals surface area contributed by atoms with Crippen LogP contribution in [-0.4, -0.2) is 6.04 Å². The first kappa shape index (κ1) is 12.0. The molecule has 0 radical (unpaired) electrons. The van der Waals surface area contributed by atoms with Gasteiger partial charge in [-0.05, 0) is 31.1 Å². The lowest BCUT2D eigenvalue weighted by Gasteiger charge is -2.19. The van der Waals surface area contributed by atoms with Crippen LogP contribution in [0, 0.1) is 11.8 Å². The first-order valence-electron chi connectivity index (χ1n) is 5.33. The fourth-order valence-corrected chi connectivity index (χ4v) is 1.48. The highest BCUT2D eigenvalue weighted by atomic mass is 14.6. The van der Waals surface area contributed by atoms with Crippen LogP contribution in [-0.2, 0) is 0 Å². The summed E-state index contributed by atoms with van der Waals surface area (Å²) in [4.78, 5) is 0. The van der Waals surface area contributed by atoms with E-state index in [1.807, 2.05) is 0 Å². The minimum absolute atomic E-state index is 0.423. The largest absolute Gasteiger partial charge is 0.327 e. The van der Waals surface area contributed by atoms with E-state index in [1.165, 1.54) is 25.7 Å². The van der Waals surface area contributed by atoms with E-state index in [-0.39, 0.29) is 0 Å². The van der Waals surface area contributed by atoms with E-state index in [0.29, 0.717) is 12.0 Å². The second-order valence-electron chi connectivity index (χ2n) is 4.40. The molecule has 0 aromatic rings. The highest BCUT2D eigenvalue weighted by Gasteiger charge is 2.11. The second kappa shape index (κ2) is 6.47. The van der Waals surface area contributed by atoms with Gasteiger partial charge in [0.15, 0.2) is 0 Å². The molecule has 0 aliphatic heterocycles. The van der Waals surface area contributed by atoms with E-state index >= 15 is 0 Å². The van der Waals surface area contributed by atoms with Crippen molar-refractivity contribution in [2.24, 2.45) is 17.6 Å². The molecule has 1 nitrogen and oxygen atoms in total. The van der Waals surface area contributed by atoms with Crippen LogP contribution in [0.4, 0.5) is 0 Å². The molecular formula is C11H25N. The van der Waals surface area contributed by atoms with E-state index in [4.69, 9.17) is 5.73 Å². The highest BCUT2D eigenvalue weighted by molar-refractivity contribution is 4.69. The monoisotopic (exact) mass is 171 g/mol. The lowest BCUT2D eigenvalue weighted by atomic mass is 9.92. The van der Waals surface area contributed by atoms with Crippen LogP contribution in [0.2, 0.25) is 0 Å². The SMILES string of the molecule is CCCC(C)C(N)CCC(C)C. The fourth-order valence-electron chi connectivity index (χ4n) is 1.48. The van der Waals surface area contributed by atoms with Gasteiger partial charge >= 0.3 is 0 Å². The van der Waals surface area contributed by atoms with Crippen molar-refractivity contribution in [2.75, 3.05) is 0 Å². The quantitative estimate of drug-likeness (QED) is 0.652. The van der Waals surface area contributed by atoms with Gasteiger partial charge in [-0.2, -0.15) is 0 Å². The maximum Gasteiger partial charge on any atom is 0.00646 e. The topological polar surface area (TPSA) is 26.0 Å². The minimum atomic E-state index is 0.423. The first-order valence-corrected chi connectivity index (χ1v) is 5.33. The summed E-state index contributed by atoms with van der Waals surface area (Å²) in [5.74, 6) is 1.50. The zero-order valence-corrected chi connectivity index (χ0v) is 9.14. The van der Waals surface area contributed by atoms with Crippen molar-refractivity contribution in [2.45, 2.75) is 59.4 Å². The molecular weight excluding hydrogens is 146 g/mol. The number of hydrogen-bond donors (Lipinski definition) is 1. The molecule has 0 heterocycles. The fraction of sp³-hybridized carbons (Fsp3) is 1.00. The molecule has 0 amide bonds. The average molecular weight is 171 g/mol. The third-order valence-corrected chi connectivity index (χ3v) is 2.55. The van der Waals surface area contributed by atoms with Gasteiger partial charge in [0.05, 0.1) is 0 Å². The van der Waals surface area contributed by atoms with Crippen LogP contribution < -0.4 is 5.73 Å². The molecule has 74 valence electrons. The number of hydrogen-bond acceptors (Lipinski definition) is 1. The summed E-state index contributed by atoms with van der Waals surface area (Å²) >= 11 is 0. The van der Waals surface area contributed by atoms with E-state index in [2.05, 4.69) is 27.7 Å². The zero-order chi connectivity index (χ0) is 9.56. The molecule has 0 bridgehead atoms. The third kappa shape index (κ3) is 5.59. The predicted octanol–water partition coefficient (Wildman–Crippen LogP) is 3.19. The lowest BCUT2D eigenvalue weighted by molar-refractivity contribution is 0.375. The normalized spacial score (nSPS) is 16.5. The third-order valence-electron chi connectivity index (χ3n) is 2.55. The van der Waals surface area contributed by atoms with Crippen molar-refractivity contribution in [1.29, 1.82) is 0 Å². The Hall–Kier alpha value is -0.0400. The molecule has 2 atom stereocenters. The van der Waals surface area contributed by atoms with E-state index in [9.17, 15) is 0 Å². The number of nitrogens with two attached hydrogens (primary N) is 1. The molecule has 1 heteroatoms. The average Bonchev–Trinajstić information content (AvgIpc) is 2.00. The van der Waals surface area contributed by atoms with Crippen molar-refractivity contribution in [3.05, 3.63) is 0 Å². The van der Waals surface area contributed by atoms with E-state index in [0.717, 1.165) is 5.92 Å². The Kier molecular flexibility index (Phi) is 6.45. The van der Waals surface area contributed by atoms with Crippen LogP contribution in [0.3, 0.4) is 0 Å². The Morgan fingerprint density at radius 1 is 1.00 bits per heavy atom. The van der Waals surface area contributed by atoms with E-state index < -0.39 is 0 Å². The summed E-state index contributed by atoms with van der Waals surface area (Å²) in [6.07, 6.45) is 5.00. The van der Waals surface area contributed by atoms with Crippen molar-refractivity contribution in [3.8, 4) is 0 Å². The molecule has 0 saturated heterocycles. The molecule has 2 N–H and O–H groups in total. The van der Waals surface area contributed by atoms with E-state index in [1.54, 1.807) is 0 Å². The van der Waals surface area contributed by atoms with Gasteiger partial charge < -0.3 is 5.73 Å². The smallest absolute Gasteiger partial charge is 0.00646 e. The van der Waals surface area contributed by atoms with Crippen LogP contribution in [0.1, 0.15) is 53.4 Å². The number of rotatable bonds is 6. The molecule has 0 rings (SSSR count). The summed E-state index contributed by atoms with van der Waals surface area (Å²) in [7, 11) is 0. The summed E-state index contributed by atoms with van der Waals surface area (Å²) in [5.41, 5.74) is 6.05. The van der Waals surface area contributed by atoms with Crippen molar-refractivity contribution in [3.63, 3.8) is 0 Å². The van der Waals surface area contributed by atoms with Gasteiger partial charge in [-0.3, -0.25) is 0 Å². The van der Waals surface area contributed by atoms with Crippen molar-refractivity contribution in [1.82, 2.24) is 0 Å². The van der Waals surface area contributed by atoms with Crippen LogP contribution in [0.5, 0.6) is 0 Å². The molecule has 0 aromatic heterocycles. The molecule has 0 fully saturated rings. The zero-order valence-electron chi connectivity index (χ0n) is 9.14. The standard InChI is InChI=1S/C11H25N/c1-5-6-10(4)11(12)8-7-9(2)3/h9-11H,5-8,12H2,1-4H3. The Morgan fingerprint density at radius 3 is 2.00 bits per heavy atom. The summed E-state index contributed by atoms with van der Waals surface area (Å²) in [5, 5.41) is 0. The molecule has 0 aliphatic rings. The van der Waals surface area contributed by atoms with Crippen LogP contribution in [0.15, 0.2) is 0 Å². The molecule has 0 spiro atoms. The summed E-state index contributed by atoms with van der Waals surface area (Å²) < 4.78 is 0. The predicted molar refractivity (Wildman–Crippen MR) is 56.1 cm³/mol. The van der Waals surface area contributed by atoms with Crippen molar-refractivity contribution >= 4 is 0 Å². The first-order chi connectivity index (χ1) is 5.57. The van der Waals surface area contributed by atoms with Gasteiger partial charge in [0.2, 0.25) is 0 Å². The Morgan fingerprint density at radius 2 is 1.58 bits per heavy atom. The van der Waals surface area contributed by atoms with Gasteiger partial charge in [-0.25, -0.2) is 0 Å². The maximum atomic E-state index is 6.05. The van der Waals surface area contributed by atoms with Gasteiger partial charge in [0, 0.05) is 6.04 Å². The van der Waals surface area contributed by atoms with Crippen LogP contribution in [0.25, 0.3) is 0 Å². The molecule has 0 saturated carbocycles. The molecule has 0 aliphatic carbocycles. The second-order valence-corrected chi connectivity index (χ2v) is 4.40. The Labute approximate surface area is 77.7 Å². The van der Waals surface area contributed by atoms with Crippen LogP contribution >= 0.6 is 0 Å². The molecule has 12 heavy (non-hydrogen) atoms. The van der Waals surface area contributed by atoms with Crippen molar-refractivity contribution < 1.29 is 0 Å². The maximum absolute atomic E-state index is 6.05. The van der Waals surface area contributed by atoms with Gasteiger partial charge in [-0.1, -0.05) is 34.1 Å². The Bertz CT molecular complexity index is 99.2. The highest BCUT2D eigenvalue weighted by Crippen LogP contribution is 2.15. The summed E-state index contributed by atoms with van der Waals surface area (Å²) in [6.45, 7) is 9.02. The molecule has 2 unspecified atom stereocenters. The van der Waals surface area contributed by atoms with Gasteiger partial charge in [0.25, 0.3) is 0 Å². The lowest BCUT2D eigenvalue weighted by Crippen LogP contribution is -2.28. The van der Waals surface area contributed by atoms with Gasteiger partial charge in [-0.15, -0.1) is 0 Å². The van der Waals surface area contributed by atoms with Gasteiger partial charge in [0.1, 0.15) is 0 Å². The minimum Gasteiger partial charge on any atom is -0.327 e. The summed E-state index contributed by atoms with van der Waals surface area (Å²) in [6, 6.07) is 0.423.